The van der Waals surface area contributed by atoms with E-state index < -0.39 is 0 Å². The summed E-state index contributed by atoms with van der Waals surface area (Å²) in [4.78, 5) is 8.99. The van der Waals surface area contributed by atoms with Crippen LogP contribution in [-0.2, 0) is 13.0 Å². The molecule has 5 heteroatoms. The maximum Gasteiger partial charge on any atom is 0.160 e. The van der Waals surface area contributed by atoms with Crippen molar-refractivity contribution in [2.45, 2.75) is 13.0 Å². The number of rotatable bonds is 5. The van der Waals surface area contributed by atoms with Gasteiger partial charge in [-0.1, -0.05) is 12.1 Å². The summed E-state index contributed by atoms with van der Waals surface area (Å²) in [6, 6.07) is 11.7. The van der Waals surface area contributed by atoms with E-state index >= 15 is 0 Å². The molecule has 0 fully saturated rings. The number of ether oxygens (including phenoxy) is 1. The molecule has 0 amide bonds. The number of nitrogens with zero attached hydrogens (tertiary/aromatic N) is 3. The molecule has 21 heavy (non-hydrogen) atoms. The van der Waals surface area contributed by atoms with Crippen LogP contribution in [0.15, 0.2) is 42.6 Å². The molecule has 1 aromatic carbocycles. The number of fused-ring (bicyclic) bond motifs is 1. The zero-order valence-corrected chi connectivity index (χ0v) is 11.9. The molecule has 0 spiro atoms. The van der Waals surface area contributed by atoms with Crippen molar-refractivity contribution in [3.63, 3.8) is 0 Å². The van der Waals surface area contributed by atoms with Crippen molar-refractivity contribution in [2.75, 3.05) is 13.7 Å². The van der Waals surface area contributed by atoms with Crippen LogP contribution in [0.2, 0.25) is 0 Å². The minimum absolute atomic E-state index is 0.0671. The fourth-order valence-corrected chi connectivity index (χ4v) is 2.40. The first kappa shape index (κ1) is 13.6. The molecule has 0 aliphatic heterocycles. The Balaban J connectivity index is 1.96. The number of aliphatic hydroxyl groups is 1. The van der Waals surface area contributed by atoms with E-state index in [1.165, 1.54) is 0 Å². The van der Waals surface area contributed by atoms with Gasteiger partial charge >= 0.3 is 0 Å². The molecular weight excluding hydrogens is 266 g/mol. The van der Waals surface area contributed by atoms with E-state index in [1.54, 1.807) is 13.3 Å². The third kappa shape index (κ3) is 2.73. The maximum atomic E-state index is 9.26. The van der Waals surface area contributed by atoms with Gasteiger partial charge in [0, 0.05) is 19.2 Å². The number of pyridine rings is 1. The largest absolute Gasteiger partial charge is 0.497 e. The first-order chi connectivity index (χ1) is 10.3. The molecule has 0 saturated heterocycles. The minimum atomic E-state index is 0.0671. The van der Waals surface area contributed by atoms with Gasteiger partial charge in [-0.3, -0.25) is 0 Å². The van der Waals surface area contributed by atoms with Crippen molar-refractivity contribution in [2.24, 2.45) is 0 Å². The van der Waals surface area contributed by atoms with Gasteiger partial charge in [0.1, 0.15) is 17.1 Å². The Morgan fingerprint density at radius 1 is 1.19 bits per heavy atom. The van der Waals surface area contributed by atoms with Crippen molar-refractivity contribution < 1.29 is 9.84 Å². The summed E-state index contributed by atoms with van der Waals surface area (Å²) in [5, 5.41) is 9.26. The second-order valence-corrected chi connectivity index (χ2v) is 4.77. The van der Waals surface area contributed by atoms with Crippen molar-refractivity contribution in [3.05, 3.63) is 54.0 Å². The Kier molecular flexibility index (Phi) is 3.83. The molecule has 3 aromatic rings. The van der Waals surface area contributed by atoms with E-state index in [-0.39, 0.29) is 6.61 Å². The lowest BCUT2D eigenvalue weighted by molar-refractivity contribution is 0.276. The Bertz CT molecular complexity index is 735. The number of aromatic nitrogens is 3. The summed E-state index contributed by atoms with van der Waals surface area (Å²) >= 11 is 0. The average molecular weight is 283 g/mol. The lowest BCUT2D eigenvalue weighted by Gasteiger charge is -2.07. The number of aliphatic hydroxyl groups excluding tert-OH is 1. The van der Waals surface area contributed by atoms with Crippen molar-refractivity contribution in [3.8, 4) is 5.75 Å². The highest BCUT2D eigenvalue weighted by molar-refractivity contribution is 5.71. The first-order valence-electron chi connectivity index (χ1n) is 6.85. The fraction of sp³-hybridized carbons (Fsp3) is 0.250. The highest BCUT2D eigenvalue weighted by atomic mass is 16.5. The highest BCUT2D eigenvalue weighted by Crippen LogP contribution is 2.18. The van der Waals surface area contributed by atoms with E-state index in [2.05, 4.69) is 9.97 Å². The number of benzene rings is 1. The summed E-state index contributed by atoms with van der Waals surface area (Å²) in [5.74, 6) is 1.74. The van der Waals surface area contributed by atoms with Gasteiger partial charge in [-0.15, -0.1) is 0 Å². The van der Waals surface area contributed by atoms with Crippen LogP contribution in [0.5, 0.6) is 5.75 Å². The minimum Gasteiger partial charge on any atom is -0.497 e. The van der Waals surface area contributed by atoms with Gasteiger partial charge in [0.15, 0.2) is 5.65 Å². The monoisotopic (exact) mass is 283 g/mol. The van der Waals surface area contributed by atoms with Crippen LogP contribution >= 0.6 is 0 Å². The van der Waals surface area contributed by atoms with Gasteiger partial charge in [-0.05, 0) is 29.8 Å². The SMILES string of the molecule is COc1ccc(Cc2nc3cccnc3n2CCO)cc1. The van der Waals surface area contributed by atoms with E-state index in [9.17, 15) is 5.11 Å². The summed E-state index contributed by atoms with van der Waals surface area (Å²) in [5.41, 5.74) is 2.81. The van der Waals surface area contributed by atoms with Crippen LogP contribution in [-0.4, -0.2) is 33.4 Å². The van der Waals surface area contributed by atoms with Crippen molar-refractivity contribution in [1.29, 1.82) is 0 Å². The molecule has 2 heterocycles. The van der Waals surface area contributed by atoms with Gasteiger partial charge in [-0.25, -0.2) is 9.97 Å². The lowest BCUT2D eigenvalue weighted by Crippen LogP contribution is -2.08. The van der Waals surface area contributed by atoms with E-state index in [0.717, 1.165) is 28.3 Å². The third-order valence-electron chi connectivity index (χ3n) is 3.43. The summed E-state index contributed by atoms with van der Waals surface area (Å²) < 4.78 is 7.14. The van der Waals surface area contributed by atoms with Crippen molar-refractivity contribution in [1.82, 2.24) is 14.5 Å². The molecule has 108 valence electrons. The zero-order valence-electron chi connectivity index (χ0n) is 11.9. The molecule has 3 rings (SSSR count). The lowest BCUT2D eigenvalue weighted by atomic mass is 10.1. The van der Waals surface area contributed by atoms with Crippen molar-refractivity contribution >= 4 is 11.2 Å². The molecule has 1 N–H and O–H groups in total. The Hall–Kier alpha value is -2.40. The summed E-state index contributed by atoms with van der Waals surface area (Å²) in [7, 11) is 1.65. The standard InChI is InChI=1S/C16H17N3O2/c1-21-13-6-4-12(5-7-13)11-15-18-14-3-2-8-17-16(14)19(15)9-10-20/h2-8,20H,9-11H2,1H3. The zero-order chi connectivity index (χ0) is 14.7. The molecule has 0 unspecified atom stereocenters. The molecule has 2 aromatic heterocycles. The Morgan fingerprint density at radius 3 is 2.71 bits per heavy atom. The normalized spacial score (nSPS) is 11.0. The quantitative estimate of drug-likeness (QED) is 0.778. The van der Waals surface area contributed by atoms with Crippen LogP contribution in [0.25, 0.3) is 11.2 Å². The van der Waals surface area contributed by atoms with Gasteiger partial charge in [0.25, 0.3) is 0 Å². The van der Waals surface area contributed by atoms with Gasteiger partial charge in [-0.2, -0.15) is 0 Å². The topological polar surface area (TPSA) is 60.2 Å². The van der Waals surface area contributed by atoms with Crippen LogP contribution in [0, 0.1) is 0 Å². The number of imidazole rings is 1. The second-order valence-electron chi connectivity index (χ2n) is 4.77. The summed E-state index contributed by atoms with van der Waals surface area (Å²) in [6.45, 7) is 0.566. The van der Waals surface area contributed by atoms with Crippen LogP contribution in [0.3, 0.4) is 0 Å². The predicted molar refractivity (Wildman–Crippen MR) is 80.4 cm³/mol. The Morgan fingerprint density at radius 2 is 2.00 bits per heavy atom. The molecule has 0 radical (unpaired) electrons. The maximum absolute atomic E-state index is 9.26. The molecule has 5 nitrogen and oxygen atoms in total. The number of hydrogen-bond acceptors (Lipinski definition) is 4. The highest BCUT2D eigenvalue weighted by Gasteiger charge is 2.11. The Labute approximate surface area is 122 Å². The number of hydrogen-bond donors (Lipinski definition) is 1. The van der Waals surface area contributed by atoms with Gasteiger partial charge in [0.05, 0.1) is 13.7 Å². The predicted octanol–water partition coefficient (Wildman–Crippen LogP) is 2.02. The van der Waals surface area contributed by atoms with E-state index in [0.29, 0.717) is 13.0 Å². The van der Waals surface area contributed by atoms with E-state index in [4.69, 9.17) is 4.74 Å². The molecule has 0 saturated carbocycles. The molecule has 0 atom stereocenters. The van der Waals surface area contributed by atoms with Crippen LogP contribution in [0.1, 0.15) is 11.4 Å². The third-order valence-corrected chi connectivity index (χ3v) is 3.43. The smallest absolute Gasteiger partial charge is 0.160 e. The second kappa shape index (κ2) is 5.93. The van der Waals surface area contributed by atoms with Crippen LogP contribution < -0.4 is 4.74 Å². The summed E-state index contributed by atoms with van der Waals surface area (Å²) in [6.07, 6.45) is 2.44. The number of methoxy groups -OCH3 is 1. The van der Waals surface area contributed by atoms with Gasteiger partial charge < -0.3 is 14.4 Å². The van der Waals surface area contributed by atoms with E-state index in [1.807, 2.05) is 41.0 Å². The molecular formula is C16H17N3O2. The fourth-order valence-electron chi connectivity index (χ4n) is 2.40. The molecule has 0 bridgehead atoms. The molecule has 0 aliphatic rings. The van der Waals surface area contributed by atoms with Gasteiger partial charge in [0.2, 0.25) is 0 Å². The average Bonchev–Trinajstić information content (AvgIpc) is 2.86. The molecule has 0 aliphatic carbocycles. The first-order valence-corrected chi connectivity index (χ1v) is 6.85. The van der Waals surface area contributed by atoms with Crippen LogP contribution in [0.4, 0.5) is 0 Å².